The first kappa shape index (κ1) is 23.2. The summed E-state index contributed by atoms with van der Waals surface area (Å²) in [7, 11) is -3.60. The van der Waals surface area contributed by atoms with Crippen molar-refractivity contribution in [1.82, 2.24) is 4.31 Å². The highest BCUT2D eigenvalue weighted by atomic mass is 32.2. The summed E-state index contributed by atoms with van der Waals surface area (Å²) in [5.41, 5.74) is -1.43. The van der Waals surface area contributed by atoms with Crippen molar-refractivity contribution in [2.45, 2.75) is 23.2 Å². The molecule has 1 aromatic heterocycles. The van der Waals surface area contributed by atoms with E-state index >= 15 is 0 Å². The lowest BCUT2D eigenvalue weighted by molar-refractivity contribution is -0.152. The summed E-state index contributed by atoms with van der Waals surface area (Å²) in [6.07, 6.45) is -4.19. The first-order valence-corrected chi connectivity index (χ1v) is 11.6. The van der Waals surface area contributed by atoms with Gasteiger partial charge in [-0.05, 0) is 36.4 Å². The molecule has 1 aliphatic rings. The molecule has 0 bridgehead atoms. The van der Waals surface area contributed by atoms with Crippen molar-refractivity contribution in [3.05, 3.63) is 47.3 Å². The average molecular weight is 476 g/mol. The van der Waals surface area contributed by atoms with E-state index in [1.807, 2.05) is 0 Å². The van der Waals surface area contributed by atoms with Crippen molar-refractivity contribution >= 4 is 38.9 Å². The van der Waals surface area contributed by atoms with Crippen molar-refractivity contribution in [3.63, 3.8) is 0 Å². The summed E-state index contributed by atoms with van der Waals surface area (Å²) in [5.74, 6) is -2.18. The van der Waals surface area contributed by atoms with E-state index < -0.39 is 51.9 Å². The van der Waals surface area contributed by atoms with Crippen LogP contribution < -0.4 is 5.32 Å². The smallest absolute Gasteiger partial charge is 0.418 e. The van der Waals surface area contributed by atoms with Crippen LogP contribution >= 0.6 is 11.3 Å². The number of benzene rings is 1. The summed E-state index contributed by atoms with van der Waals surface area (Å²) in [6, 6.07) is 7.63. The Bertz CT molecular complexity index is 1030. The van der Waals surface area contributed by atoms with Gasteiger partial charge in [0.05, 0.1) is 17.2 Å². The van der Waals surface area contributed by atoms with Gasteiger partial charge in [0, 0.05) is 13.1 Å². The fourth-order valence-corrected chi connectivity index (χ4v) is 5.76. The summed E-state index contributed by atoms with van der Waals surface area (Å²) < 4.78 is 70.4. The Kier molecular flexibility index (Phi) is 7.02. The minimum atomic E-state index is -4.64. The number of nitrogens with one attached hydrogen (secondary N) is 1. The Hall–Kier alpha value is -2.44. The second-order valence-corrected chi connectivity index (χ2v) is 9.92. The summed E-state index contributed by atoms with van der Waals surface area (Å²) in [6.45, 7) is -0.477. The summed E-state index contributed by atoms with van der Waals surface area (Å²) in [5, 5.41) is 3.76. The number of alkyl halides is 3. The van der Waals surface area contributed by atoms with Crippen LogP contribution in [-0.2, 0) is 30.5 Å². The number of halogens is 3. The van der Waals surface area contributed by atoms with Gasteiger partial charge in [0.15, 0.2) is 6.61 Å². The quantitative estimate of drug-likeness (QED) is 0.646. The summed E-state index contributed by atoms with van der Waals surface area (Å²) in [4.78, 5) is 24.2. The van der Waals surface area contributed by atoms with Crippen LogP contribution in [0.5, 0.6) is 0 Å². The number of hydrogen-bond acceptors (Lipinski definition) is 6. The van der Waals surface area contributed by atoms with Crippen LogP contribution in [0.25, 0.3) is 0 Å². The van der Waals surface area contributed by atoms with Crippen LogP contribution in [0.15, 0.2) is 46.0 Å². The van der Waals surface area contributed by atoms with Gasteiger partial charge < -0.3 is 10.1 Å². The number of piperidine rings is 1. The van der Waals surface area contributed by atoms with E-state index in [-0.39, 0.29) is 30.1 Å². The molecule has 7 nitrogen and oxygen atoms in total. The Morgan fingerprint density at radius 1 is 1.13 bits per heavy atom. The van der Waals surface area contributed by atoms with Gasteiger partial charge in [0.25, 0.3) is 15.9 Å². The first-order chi connectivity index (χ1) is 14.6. The van der Waals surface area contributed by atoms with E-state index in [9.17, 15) is 31.2 Å². The Morgan fingerprint density at radius 3 is 2.42 bits per heavy atom. The van der Waals surface area contributed by atoms with E-state index in [1.165, 1.54) is 22.5 Å². The van der Waals surface area contributed by atoms with Gasteiger partial charge in [-0.2, -0.15) is 17.5 Å². The number of hydrogen-bond donors (Lipinski definition) is 1. The minimum absolute atomic E-state index is 0.130. The lowest BCUT2D eigenvalue weighted by Gasteiger charge is -2.29. The number of sulfonamides is 1. The zero-order chi connectivity index (χ0) is 22.6. The van der Waals surface area contributed by atoms with Gasteiger partial charge in [-0.3, -0.25) is 9.59 Å². The topological polar surface area (TPSA) is 92.8 Å². The molecule has 1 aromatic carbocycles. The van der Waals surface area contributed by atoms with Crippen molar-refractivity contribution < 1.29 is 35.9 Å². The number of esters is 1. The molecule has 2 aromatic rings. The van der Waals surface area contributed by atoms with Crippen molar-refractivity contribution in [1.29, 1.82) is 0 Å². The first-order valence-electron chi connectivity index (χ1n) is 9.25. The molecule has 3 rings (SSSR count). The highest BCUT2D eigenvalue weighted by molar-refractivity contribution is 7.91. The van der Waals surface area contributed by atoms with Crippen LogP contribution in [0.3, 0.4) is 0 Å². The number of anilines is 1. The number of para-hydroxylation sites is 1. The van der Waals surface area contributed by atoms with Gasteiger partial charge in [-0.25, -0.2) is 8.42 Å². The fraction of sp³-hybridized carbons (Fsp3) is 0.368. The average Bonchev–Trinajstić information content (AvgIpc) is 3.27. The maximum Gasteiger partial charge on any atom is 0.418 e. The maximum atomic E-state index is 13.0. The van der Waals surface area contributed by atoms with Gasteiger partial charge in [-0.1, -0.05) is 18.2 Å². The molecular formula is C19H19F3N2O5S2. The number of carbonyl (C=O) groups excluding carboxylic acids is 2. The number of amides is 1. The lowest BCUT2D eigenvalue weighted by Crippen LogP contribution is -2.40. The Labute approximate surface area is 180 Å². The van der Waals surface area contributed by atoms with E-state index in [2.05, 4.69) is 5.32 Å². The van der Waals surface area contributed by atoms with Gasteiger partial charge in [0.2, 0.25) is 0 Å². The SMILES string of the molecule is O=C(COC(=O)C1CCN(S(=O)(=O)c2cccs2)CC1)Nc1ccccc1C(F)(F)F. The molecule has 1 N–H and O–H groups in total. The van der Waals surface area contributed by atoms with Crippen LogP contribution in [0.4, 0.5) is 18.9 Å². The van der Waals surface area contributed by atoms with E-state index in [0.717, 1.165) is 23.5 Å². The van der Waals surface area contributed by atoms with Crippen LogP contribution in [0, 0.1) is 5.92 Å². The standard InChI is InChI=1S/C19H19F3N2O5S2/c20-19(21,22)14-4-1-2-5-15(14)23-16(25)12-29-18(26)13-7-9-24(10-8-13)31(27,28)17-6-3-11-30-17/h1-6,11,13H,7-10,12H2,(H,23,25). The van der Waals surface area contributed by atoms with Crippen LogP contribution in [0.1, 0.15) is 18.4 Å². The Balaban J connectivity index is 1.50. The van der Waals surface area contributed by atoms with Crippen molar-refractivity contribution in [3.8, 4) is 0 Å². The molecule has 0 unspecified atom stereocenters. The molecule has 2 heterocycles. The van der Waals surface area contributed by atoms with Gasteiger partial charge >= 0.3 is 12.1 Å². The number of carbonyl (C=O) groups is 2. The third kappa shape index (κ3) is 5.63. The molecule has 1 saturated heterocycles. The fourth-order valence-electron chi connectivity index (χ4n) is 3.15. The highest BCUT2D eigenvalue weighted by Crippen LogP contribution is 2.34. The highest BCUT2D eigenvalue weighted by Gasteiger charge is 2.35. The third-order valence-corrected chi connectivity index (χ3v) is 8.00. The molecule has 31 heavy (non-hydrogen) atoms. The van der Waals surface area contributed by atoms with E-state index in [0.29, 0.717) is 0 Å². The number of nitrogens with zero attached hydrogens (tertiary/aromatic N) is 1. The predicted molar refractivity (Wildman–Crippen MR) is 107 cm³/mol. The largest absolute Gasteiger partial charge is 0.455 e. The van der Waals surface area contributed by atoms with Crippen molar-refractivity contribution in [2.24, 2.45) is 5.92 Å². The van der Waals surface area contributed by atoms with Crippen LogP contribution in [0.2, 0.25) is 0 Å². The van der Waals surface area contributed by atoms with Gasteiger partial charge in [0.1, 0.15) is 4.21 Å². The number of thiophene rings is 1. The molecule has 0 atom stereocenters. The zero-order valence-corrected chi connectivity index (χ0v) is 17.7. The third-order valence-electron chi connectivity index (χ3n) is 4.73. The molecule has 0 saturated carbocycles. The molecule has 1 amide bonds. The van der Waals surface area contributed by atoms with E-state index in [4.69, 9.17) is 4.74 Å². The maximum absolute atomic E-state index is 13.0. The molecular weight excluding hydrogens is 457 g/mol. The number of ether oxygens (including phenoxy) is 1. The molecule has 1 aliphatic heterocycles. The Morgan fingerprint density at radius 2 is 1.81 bits per heavy atom. The molecule has 1 fully saturated rings. The van der Waals surface area contributed by atoms with Crippen molar-refractivity contribution in [2.75, 3.05) is 25.0 Å². The molecule has 12 heteroatoms. The minimum Gasteiger partial charge on any atom is -0.455 e. The zero-order valence-electron chi connectivity index (χ0n) is 16.1. The number of rotatable bonds is 6. The van der Waals surface area contributed by atoms with E-state index in [1.54, 1.807) is 11.4 Å². The van der Waals surface area contributed by atoms with Crippen LogP contribution in [-0.4, -0.2) is 44.3 Å². The second kappa shape index (κ2) is 9.37. The normalized spacial score (nSPS) is 16.1. The molecule has 168 valence electrons. The molecule has 0 radical (unpaired) electrons. The summed E-state index contributed by atoms with van der Waals surface area (Å²) >= 11 is 1.11. The monoisotopic (exact) mass is 476 g/mol. The lowest BCUT2D eigenvalue weighted by atomic mass is 9.98. The van der Waals surface area contributed by atoms with Gasteiger partial charge in [-0.15, -0.1) is 11.3 Å². The predicted octanol–water partition coefficient (Wildman–Crippen LogP) is 3.35. The molecule has 0 aliphatic carbocycles. The second-order valence-electron chi connectivity index (χ2n) is 6.81. The molecule has 0 spiro atoms.